The van der Waals surface area contributed by atoms with E-state index in [1.54, 1.807) is 7.11 Å². The Bertz CT molecular complexity index is 700. The molecule has 2 N–H and O–H groups in total. The van der Waals surface area contributed by atoms with Gasteiger partial charge in [-0.1, -0.05) is 36.4 Å². The second kappa shape index (κ2) is 6.55. The molecule has 6 heteroatoms. The van der Waals surface area contributed by atoms with E-state index in [-0.39, 0.29) is 12.3 Å². The van der Waals surface area contributed by atoms with Crippen molar-refractivity contribution in [3.63, 3.8) is 0 Å². The lowest BCUT2D eigenvalue weighted by molar-refractivity contribution is -0.137. The lowest BCUT2D eigenvalue weighted by atomic mass is 9.96. The van der Waals surface area contributed by atoms with Crippen LogP contribution in [0, 0.1) is 0 Å². The van der Waals surface area contributed by atoms with Crippen molar-refractivity contribution in [2.45, 2.75) is 31.0 Å². The number of nitrogens with one attached hydrogen (secondary N) is 1. The Hall–Kier alpha value is -1.89. The second-order valence-electron chi connectivity index (χ2n) is 5.84. The number of fused-ring (bicyclic) bond motifs is 1. The molecule has 0 fully saturated rings. The molecule has 1 aliphatic heterocycles. The van der Waals surface area contributed by atoms with Crippen LogP contribution in [0.5, 0.6) is 0 Å². The Labute approximate surface area is 138 Å². The van der Waals surface area contributed by atoms with E-state index in [1.165, 1.54) is 12.1 Å². The highest BCUT2D eigenvalue weighted by molar-refractivity contribution is 5.36. The zero-order chi connectivity index (χ0) is 17.3. The molecule has 0 saturated carbocycles. The van der Waals surface area contributed by atoms with Gasteiger partial charge in [0.1, 0.15) is 6.23 Å². The number of benzene rings is 2. The quantitative estimate of drug-likeness (QED) is 0.882. The van der Waals surface area contributed by atoms with Crippen LogP contribution in [0.2, 0.25) is 0 Å². The third-order valence-electron chi connectivity index (χ3n) is 4.32. The Morgan fingerprint density at radius 2 is 1.71 bits per heavy atom. The van der Waals surface area contributed by atoms with Gasteiger partial charge < -0.3 is 9.84 Å². The first-order valence-corrected chi connectivity index (χ1v) is 7.63. The number of hydrogen-bond donors (Lipinski definition) is 2. The van der Waals surface area contributed by atoms with Gasteiger partial charge in [-0.15, -0.1) is 0 Å². The molecule has 0 aliphatic carbocycles. The molecule has 24 heavy (non-hydrogen) atoms. The van der Waals surface area contributed by atoms with Crippen LogP contribution in [-0.2, 0) is 10.9 Å². The van der Waals surface area contributed by atoms with Gasteiger partial charge in [0.2, 0.25) is 0 Å². The molecule has 2 aromatic carbocycles. The third-order valence-corrected chi connectivity index (χ3v) is 4.32. The van der Waals surface area contributed by atoms with Gasteiger partial charge in [0.25, 0.3) is 0 Å². The maximum absolute atomic E-state index is 12.6. The summed E-state index contributed by atoms with van der Waals surface area (Å²) < 4.78 is 43.2. The minimum atomic E-state index is -4.37. The van der Waals surface area contributed by atoms with Crippen LogP contribution in [-0.4, -0.2) is 12.2 Å². The number of rotatable bonds is 4. The van der Waals surface area contributed by atoms with Gasteiger partial charge in [0.05, 0.1) is 11.7 Å². The average molecular weight is 337 g/mol. The summed E-state index contributed by atoms with van der Waals surface area (Å²) in [4.78, 5) is 0. The van der Waals surface area contributed by atoms with Crippen molar-refractivity contribution in [3.05, 3.63) is 70.8 Å². The molecule has 0 saturated heterocycles. The Morgan fingerprint density at radius 1 is 1.08 bits per heavy atom. The number of halogens is 3. The molecule has 3 rings (SSSR count). The minimum absolute atomic E-state index is 0.122. The zero-order valence-electron chi connectivity index (χ0n) is 13.0. The fourth-order valence-electron chi connectivity index (χ4n) is 3.07. The number of alkyl halides is 3. The highest BCUT2D eigenvalue weighted by Crippen LogP contribution is 2.38. The maximum Gasteiger partial charge on any atom is 0.416 e. The second-order valence-corrected chi connectivity index (χ2v) is 5.84. The summed E-state index contributed by atoms with van der Waals surface area (Å²) in [5.41, 5.74) is 1.80. The highest BCUT2D eigenvalue weighted by atomic mass is 19.4. The van der Waals surface area contributed by atoms with Crippen molar-refractivity contribution < 1.29 is 23.0 Å². The first-order valence-electron chi connectivity index (χ1n) is 7.63. The summed E-state index contributed by atoms with van der Waals surface area (Å²) in [5, 5.41) is 13.7. The van der Waals surface area contributed by atoms with Gasteiger partial charge in [-0.25, -0.2) is 0 Å². The fourth-order valence-corrected chi connectivity index (χ4v) is 3.07. The van der Waals surface area contributed by atoms with Crippen molar-refractivity contribution >= 4 is 0 Å². The lowest BCUT2D eigenvalue weighted by Crippen LogP contribution is -2.20. The summed E-state index contributed by atoms with van der Waals surface area (Å²) in [7, 11) is 1.60. The maximum atomic E-state index is 12.6. The van der Waals surface area contributed by atoms with Crippen LogP contribution < -0.4 is 5.32 Å². The molecule has 0 radical (unpaired) electrons. The van der Waals surface area contributed by atoms with Crippen LogP contribution in [0.3, 0.4) is 0 Å². The fraction of sp³-hybridized carbons (Fsp3) is 0.333. The van der Waals surface area contributed by atoms with E-state index in [2.05, 4.69) is 5.32 Å². The zero-order valence-corrected chi connectivity index (χ0v) is 13.0. The molecule has 3 unspecified atom stereocenters. The predicted octanol–water partition coefficient (Wildman–Crippen LogP) is 4.12. The molecule has 128 valence electrons. The summed E-state index contributed by atoms with van der Waals surface area (Å²) >= 11 is 0. The van der Waals surface area contributed by atoms with Gasteiger partial charge >= 0.3 is 6.18 Å². The van der Waals surface area contributed by atoms with Crippen LogP contribution in [0.15, 0.2) is 48.5 Å². The van der Waals surface area contributed by atoms with Crippen molar-refractivity contribution in [2.24, 2.45) is 0 Å². The SMILES string of the molecule is COC1NC(CC(O)c2ccc(C(F)(F)F)cc2)c2ccccc21. The molecule has 0 amide bonds. The number of ether oxygens (including phenoxy) is 1. The van der Waals surface area contributed by atoms with Crippen molar-refractivity contribution in [1.82, 2.24) is 5.32 Å². The molecule has 0 spiro atoms. The van der Waals surface area contributed by atoms with Crippen molar-refractivity contribution in [3.8, 4) is 0 Å². The minimum Gasteiger partial charge on any atom is -0.388 e. The van der Waals surface area contributed by atoms with Gasteiger partial charge in [-0.05, 0) is 29.7 Å². The standard InChI is InChI=1S/C18H18F3NO2/c1-24-17-14-5-3-2-4-13(14)15(22-17)10-16(23)11-6-8-12(9-7-11)18(19,20)21/h2-9,15-17,22-23H,10H2,1H3. The average Bonchev–Trinajstić information content (AvgIpc) is 2.92. The van der Waals surface area contributed by atoms with Crippen LogP contribution >= 0.6 is 0 Å². The molecule has 1 heterocycles. The molecule has 2 aromatic rings. The van der Waals surface area contributed by atoms with E-state index in [9.17, 15) is 18.3 Å². The van der Waals surface area contributed by atoms with Crippen LogP contribution in [0.25, 0.3) is 0 Å². The Balaban J connectivity index is 1.75. The van der Waals surface area contributed by atoms with E-state index >= 15 is 0 Å². The number of methoxy groups -OCH3 is 1. The van der Waals surface area contributed by atoms with Crippen molar-refractivity contribution in [2.75, 3.05) is 7.11 Å². The van der Waals surface area contributed by atoms with Crippen LogP contribution in [0.1, 0.15) is 47.0 Å². The smallest absolute Gasteiger partial charge is 0.388 e. The summed E-state index contributed by atoms with van der Waals surface area (Å²) in [6.07, 6.45) is -5.14. The largest absolute Gasteiger partial charge is 0.416 e. The van der Waals surface area contributed by atoms with E-state index in [1.807, 2.05) is 24.3 Å². The molecule has 0 aromatic heterocycles. The summed E-state index contributed by atoms with van der Waals surface area (Å²) in [6.45, 7) is 0. The summed E-state index contributed by atoms with van der Waals surface area (Å²) in [6, 6.07) is 12.3. The van der Waals surface area contributed by atoms with Crippen molar-refractivity contribution in [1.29, 1.82) is 0 Å². The van der Waals surface area contributed by atoms with Gasteiger partial charge in [0.15, 0.2) is 0 Å². The monoisotopic (exact) mass is 337 g/mol. The first-order chi connectivity index (χ1) is 11.4. The normalized spacial score (nSPS) is 21.5. The Kier molecular flexibility index (Phi) is 4.62. The topological polar surface area (TPSA) is 41.5 Å². The molecule has 3 nitrogen and oxygen atoms in total. The number of aliphatic hydroxyl groups excluding tert-OH is 1. The predicted molar refractivity (Wildman–Crippen MR) is 83.1 cm³/mol. The molecular formula is C18H18F3NO2. The lowest BCUT2D eigenvalue weighted by Gasteiger charge is -2.19. The van der Waals surface area contributed by atoms with E-state index in [0.717, 1.165) is 23.3 Å². The molecule has 1 aliphatic rings. The van der Waals surface area contributed by atoms with Crippen LogP contribution in [0.4, 0.5) is 13.2 Å². The number of aliphatic hydroxyl groups is 1. The molecule has 0 bridgehead atoms. The molecular weight excluding hydrogens is 319 g/mol. The van der Waals surface area contributed by atoms with Gasteiger partial charge in [-0.3, -0.25) is 5.32 Å². The first kappa shape index (κ1) is 17.0. The van der Waals surface area contributed by atoms with E-state index in [4.69, 9.17) is 4.74 Å². The highest BCUT2D eigenvalue weighted by Gasteiger charge is 2.32. The molecule has 3 atom stereocenters. The van der Waals surface area contributed by atoms with Gasteiger partial charge in [0, 0.05) is 18.7 Å². The van der Waals surface area contributed by atoms with E-state index in [0.29, 0.717) is 12.0 Å². The summed E-state index contributed by atoms with van der Waals surface area (Å²) in [5.74, 6) is 0. The Morgan fingerprint density at radius 3 is 2.29 bits per heavy atom. The van der Waals surface area contributed by atoms with E-state index < -0.39 is 17.8 Å². The number of hydrogen-bond acceptors (Lipinski definition) is 3. The third kappa shape index (κ3) is 3.31. The van der Waals surface area contributed by atoms with Gasteiger partial charge in [-0.2, -0.15) is 13.2 Å².